The van der Waals surface area contributed by atoms with Gasteiger partial charge in [0.15, 0.2) is 0 Å². The smallest absolute Gasteiger partial charge is 0.112 e. The van der Waals surface area contributed by atoms with Crippen molar-refractivity contribution < 1.29 is 20.1 Å². The Morgan fingerprint density at radius 1 is 1.21 bits per heavy atom. The van der Waals surface area contributed by atoms with Crippen LogP contribution in [0.1, 0.15) is 27.2 Å². The van der Waals surface area contributed by atoms with Crippen LogP contribution in [0.4, 0.5) is 0 Å². The van der Waals surface area contributed by atoms with Gasteiger partial charge in [-0.1, -0.05) is 13.8 Å². The summed E-state index contributed by atoms with van der Waals surface area (Å²) >= 11 is 0. The average molecular weight is 204 g/mol. The van der Waals surface area contributed by atoms with Gasteiger partial charge in [-0.15, -0.1) is 0 Å². The molecule has 1 saturated heterocycles. The summed E-state index contributed by atoms with van der Waals surface area (Å²) in [5.74, 6) is 0.342. The second-order valence-corrected chi connectivity index (χ2v) is 4.48. The summed E-state index contributed by atoms with van der Waals surface area (Å²) in [5.41, 5.74) is 0. The van der Waals surface area contributed by atoms with Crippen LogP contribution < -0.4 is 0 Å². The Kier molecular flexibility index (Phi) is 3.89. The highest BCUT2D eigenvalue weighted by Crippen LogP contribution is 2.25. The third-order valence-corrected chi connectivity index (χ3v) is 2.63. The van der Waals surface area contributed by atoms with Crippen molar-refractivity contribution in [3.05, 3.63) is 0 Å². The molecule has 1 heterocycles. The van der Waals surface area contributed by atoms with Gasteiger partial charge < -0.3 is 20.1 Å². The van der Waals surface area contributed by atoms with Crippen LogP contribution in [0.2, 0.25) is 0 Å². The first-order valence-corrected chi connectivity index (χ1v) is 5.13. The van der Waals surface area contributed by atoms with Gasteiger partial charge in [-0.2, -0.15) is 0 Å². The van der Waals surface area contributed by atoms with Crippen LogP contribution in [0.25, 0.3) is 0 Å². The van der Waals surface area contributed by atoms with Gasteiger partial charge in [0.2, 0.25) is 0 Å². The van der Waals surface area contributed by atoms with E-state index in [0.29, 0.717) is 12.3 Å². The van der Waals surface area contributed by atoms with E-state index in [9.17, 15) is 15.3 Å². The molecule has 0 aromatic heterocycles. The molecule has 4 heteroatoms. The van der Waals surface area contributed by atoms with Gasteiger partial charge in [0, 0.05) is 0 Å². The van der Waals surface area contributed by atoms with Crippen molar-refractivity contribution in [2.24, 2.45) is 5.92 Å². The number of hydrogen-bond acceptors (Lipinski definition) is 4. The topological polar surface area (TPSA) is 69.9 Å². The van der Waals surface area contributed by atoms with Gasteiger partial charge in [0.25, 0.3) is 0 Å². The summed E-state index contributed by atoms with van der Waals surface area (Å²) in [6.45, 7) is 5.67. The highest BCUT2D eigenvalue weighted by molar-refractivity contribution is 4.92. The van der Waals surface area contributed by atoms with E-state index < -0.39 is 30.5 Å². The molecule has 1 fully saturated rings. The van der Waals surface area contributed by atoms with Gasteiger partial charge in [-0.25, -0.2) is 0 Å². The normalized spacial score (nSPS) is 40.5. The summed E-state index contributed by atoms with van der Waals surface area (Å²) in [6, 6.07) is 0. The average Bonchev–Trinajstić information content (AvgIpc) is 2.32. The molecule has 4 nitrogen and oxygen atoms in total. The minimum absolute atomic E-state index is 0.342. The summed E-state index contributed by atoms with van der Waals surface area (Å²) in [7, 11) is 0. The van der Waals surface area contributed by atoms with Crippen molar-refractivity contribution >= 4 is 0 Å². The molecule has 0 saturated carbocycles. The zero-order chi connectivity index (χ0) is 10.9. The maximum Gasteiger partial charge on any atom is 0.112 e. The van der Waals surface area contributed by atoms with E-state index in [1.807, 2.05) is 13.8 Å². The quantitative estimate of drug-likeness (QED) is 0.600. The molecule has 0 aromatic rings. The summed E-state index contributed by atoms with van der Waals surface area (Å²) in [4.78, 5) is 0. The van der Waals surface area contributed by atoms with Gasteiger partial charge in [-0.05, 0) is 19.3 Å². The lowest BCUT2D eigenvalue weighted by molar-refractivity contribution is -0.0680. The zero-order valence-corrected chi connectivity index (χ0v) is 8.92. The molecule has 14 heavy (non-hydrogen) atoms. The van der Waals surface area contributed by atoms with Crippen molar-refractivity contribution in [3.63, 3.8) is 0 Å². The molecule has 0 aliphatic carbocycles. The molecule has 84 valence electrons. The molecular formula is C10H20O4. The van der Waals surface area contributed by atoms with Crippen LogP contribution in [0.5, 0.6) is 0 Å². The molecule has 0 unspecified atom stereocenters. The number of aliphatic hydroxyl groups is 3. The first-order valence-electron chi connectivity index (χ1n) is 5.13. The zero-order valence-electron chi connectivity index (χ0n) is 8.92. The second-order valence-electron chi connectivity index (χ2n) is 4.48. The third-order valence-electron chi connectivity index (χ3n) is 2.63. The molecule has 5 atom stereocenters. The van der Waals surface area contributed by atoms with Gasteiger partial charge in [0.05, 0.1) is 12.2 Å². The fourth-order valence-corrected chi connectivity index (χ4v) is 1.82. The summed E-state index contributed by atoms with van der Waals surface area (Å²) < 4.78 is 5.30. The van der Waals surface area contributed by atoms with Crippen LogP contribution in [0.15, 0.2) is 0 Å². The maximum absolute atomic E-state index is 9.73. The number of rotatable bonds is 3. The minimum atomic E-state index is -0.973. The van der Waals surface area contributed by atoms with Crippen LogP contribution in [0.3, 0.4) is 0 Å². The van der Waals surface area contributed by atoms with E-state index in [-0.39, 0.29) is 0 Å². The Morgan fingerprint density at radius 3 is 2.14 bits per heavy atom. The number of aliphatic hydroxyl groups excluding tert-OH is 3. The first kappa shape index (κ1) is 11.9. The number of hydrogen-bond donors (Lipinski definition) is 3. The van der Waals surface area contributed by atoms with Crippen molar-refractivity contribution in [2.45, 2.75) is 57.7 Å². The Bertz CT molecular complexity index is 183. The third kappa shape index (κ3) is 2.45. The van der Waals surface area contributed by atoms with E-state index >= 15 is 0 Å². The first-order chi connectivity index (χ1) is 6.43. The number of ether oxygens (including phenoxy) is 1. The van der Waals surface area contributed by atoms with E-state index in [2.05, 4.69) is 0 Å². The molecule has 1 aliphatic heterocycles. The summed E-state index contributed by atoms with van der Waals surface area (Å²) in [6.07, 6.45) is -3.05. The van der Waals surface area contributed by atoms with Crippen molar-refractivity contribution in [1.82, 2.24) is 0 Å². The lowest BCUT2D eigenvalue weighted by Crippen LogP contribution is -2.39. The molecule has 0 radical (unpaired) electrons. The highest BCUT2D eigenvalue weighted by Gasteiger charge is 2.43. The van der Waals surface area contributed by atoms with E-state index in [0.717, 1.165) is 0 Å². The van der Waals surface area contributed by atoms with Crippen LogP contribution >= 0.6 is 0 Å². The van der Waals surface area contributed by atoms with Gasteiger partial charge in [-0.3, -0.25) is 0 Å². The maximum atomic E-state index is 9.73. The van der Waals surface area contributed by atoms with Crippen LogP contribution in [-0.2, 0) is 4.74 Å². The fourth-order valence-electron chi connectivity index (χ4n) is 1.82. The lowest BCUT2D eigenvalue weighted by Gasteiger charge is -2.22. The molecule has 0 amide bonds. The molecule has 1 rings (SSSR count). The van der Waals surface area contributed by atoms with Crippen molar-refractivity contribution in [2.75, 3.05) is 0 Å². The van der Waals surface area contributed by atoms with Gasteiger partial charge >= 0.3 is 0 Å². The predicted octanol–water partition coefficient (Wildman–Crippen LogP) is -0.0975. The molecule has 3 N–H and O–H groups in total. The molecular weight excluding hydrogens is 184 g/mol. The highest BCUT2D eigenvalue weighted by atomic mass is 16.6. The van der Waals surface area contributed by atoms with Crippen molar-refractivity contribution in [1.29, 1.82) is 0 Å². The molecule has 0 aromatic carbocycles. The van der Waals surface area contributed by atoms with Crippen LogP contribution in [-0.4, -0.2) is 45.8 Å². The Balaban J connectivity index is 2.53. The van der Waals surface area contributed by atoms with E-state index in [1.165, 1.54) is 0 Å². The molecule has 0 spiro atoms. The predicted molar refractivity (Wildman–Crippen MR) is 51.8 cm³/mol. The van der Waals surface area contributed by atoms with Crippen LogP contribution in [0, 0.1) is 5.92 Å². The largest absolute Gasteiger partial charge is 0.390 e. The standard InChI is InChI=1S/C10H20O4/c1-5(2)4-7(11)10-9(13)8(12)6(3)14-10/h5-13H,4H2,1-3H3/t6-,7-,8-,9-,10+/m0/s1. The Morgan fingerprint density at radius 2 is 1.79 bits per heavy atom. The fraction of sp³-hybridized carbons (Fsp3) is 1.00. The van der Waals surface area contributed by atoms with E-state index in [4.69, 9.17) is 4.74 Å². The summed E-state index contributed by atoms with van der Waals surface area (Å²) in [5, 5.41) is 28.7. The Labute approximate surface area is 84.5 Å². The molecule has 0 bridgehead atoms. The minimum Gasteiger partial charge on any atom is -0.390 e. The molecule has 1 aliphatic rings. The van der Waals surface area contributed by atoms with Gasteiger partial charge in [0.1, 0.15) is 18.3 Å². The van der Waals surface area contributed by atoms with Crippen molar-refractivity contribution in [3.8, 4) is 0 Å². The van der Waals surface area contributed by atoms with E-state index in [1.54, 1.807) is 6.92 Å². The SMILES string of the molecule is CC(C)C[C@H](O)[C@H]1O[C@@H](C)[C@H](O)[C@@H]1O. The second kappa shape index (κ2) is 4.57. The Hall–Kier alpha value is -0.160. The monoisotopic (exact) mass is 204 g/mol. The lowest BCUT2D eigenvalue weighted by atomic mass is 9.97.